The third kappa shape index (κ3) is 16.3. The minimum absolute atomic E-state index is 0.525. The lowest BCUT2D eigenvalue weighted by molar-refractivity contribution is -0.908. The van der Waals surface area contributed by atoms with E-state index in [4.69, 9.17) is 0 Å². The quantitative estimate of drug-likeness (QED) is 0.0543. The van der Waals surface area contributed by atoms with Gasteiger partial charge in [0.1, 0.15) is 0 Å². The minimum atomic E-state index is -2.42. The molecule has 0 fully saturated rings. The molecule has 0 aliphatic carbocycles. The van der Waals surface area contributed by atoms with E-state index in [9.17, 15) is 9.13 Å². The maximum atomic E-state index is 12.1. The highest BCUT2D eigenvalue weighted by Crippen LogP contribution is 2.44. The van der Waals surface area contributed by atoms with Crippen molar-refractivity contribution >= 4 is 7.68 Å². The van der Waals surface area contributed by atoms with Crippen LogP contribution >= 0.6 is 7.68 Å². The lowest BCUT2D eigenvalue weighted by Crippen LogP contribution is -2.53. The largest absolute Gasteiger partial charge is 0.378 e. The molecular weight excluding hydrogens is 437 g/mol. The van der Waals surface area contributed by atoms with Crippen LogP contribution in [0.4, 0.5) is 0 Å². The van der Waals surface area contributed by atoms with Crippen molar-refractivity contribution in [3.05, 3.63) is 12.2 Å². The van der Waals surface area contributed by atoms with Gasteiger partial charge < -0.3 is 4.48 Å². The molecule has 0 bridgehead atoms. The summed E-state index contributed by atoms with van der Waals surface area (Å²) in [6.45, 7) is 4.21. The van der Waals surface area contributed by atoms with Gasteiger partial charge in [-0.25, -0.2) is 9.13 Å². The number of unbranched alkanes of at least 4 members (excludes halogenated alkanes) is 18. The van der Waals surface area contributed by atoms with Crippen LogP contribution in [0.5, 0.6) is 0 Å². The first-order valence-electron chi connectivity index (χ1n) is 14.9. The third-order valence-electron chi connectivity index (χ3n) is 7.67. The Morgan fingerprint density at radius 3 is 1.24 bits per heavy atom. The highest BCUT2D eigenvalue weighted by molar-refractivity contribution is 7.32. The van der Waals surface area contributed by atoms with E-state index < -0.39 is 13.0 Å². The molecule has 0 aromatic carbocycles. The molecule has 1 atom stereocenters. The van der Waals surface area contributed by atoms with Gasteiger partial charge in [-0.1, -0.05) is 122 Å². The smallest absolute Gasteiger partial charge is 0.314 e. The molecule has 0 aliphatic rings. The Bertz CT molecular complexity index is 542. The average molecular weight is 499 g/mol. The maximum Gasteiger partial charge on any atom is 0.378 e. The normalized spacial score (nSPS) is 14.0. The Labute approximate surface area is 215 Å². The minimum Gasteiger partial charge on any atom is -0.314 e. The molecule has 0 heterocycles. The molecule has 4 heteroatoms. The van der Waals surface area contributed by atoms with Gasteiger partial charge in [0.15, 0.2) is 0 Å². The van der Waals surface area contributed by atoms with Crippen molar-refractivity contribution in [1.29, 1.82) is 0 Å². The molecule has 0 N–H and O–H groups in total. The highest BCUT2D eigenvalue weighted by atomic mass is 31.1. The highest BCUT2D eigenvalue weighted by Gasteiger charge is 2.47. The summed E-state index contributed by atoms with van der Waals surface area (Å²) in [4.78, 5) is 0. The molecule has 0 saturated heterocycles. The monoisotopic (exact) mass is 498 g/mol. The van der Waals surface area contributed by atoms with Crippen molar-refractivity contribution in [3.8, 4) is 0 Å². The number of allylic oxidation sites excluding steroid dienone is 2. The van der Waals surface area contributed by atoms with Crippen molar-refractivity contribution in [2.75, 3.05) is 21.1 Å². The molecule has 0 saturated carbocycles. The Balaban J connectivity index is 3.51. The van der Waals surface area contributed by atoms with Gasteiger partial charge in [0, 0.05) is 12.8 Å². The van der Waals surface area contributed by atoms with Gasteiger partial charge in [-0.05, 0) is 32.6 Å². The van der Waals surface area contributed by atoms with Crippen molar-refractivity contribution < 1.29 is 13.6 Å². The van der Waals surface area contributed by atoms with Crippen LogP contribution < -0.4 is 0 Å². The molecule has 34 heavy (non-hydrogen) atoms. The molecular formula is C30H61NO2P+. The molecule has 0 radical (unpaired) electrons. The maximum absolute atomic E-state index is 12.1. The first kappa shape index (κ1) is 33.6. The third-order valence-corrected chi connectivity index (χ3v) is 9.40. The number of quaternary nitrogens is 1. The zero-order chi connectivity index (χ0) is 25.5. The van der Waals surface area contributed by atoms with Gasteiger partial charge in [-0.15, -0.1) is 0 Å². The summed E-state index contributed by atoms with van der Waals surface area (Å²) in [5.74, 6) is 0. The van der Waals surface area contributed by atoms with E-state index in [0.29, 0.717) is 4.48 Å². The van der Waals surface area contributed by atoms with Crippen LogP contribution in [-0.4, -0.2) is 30.9 Å². The summed E-state index contributed by atoms with van der Waals surface area (Å²) < 4.78 is 24.8. The molecule has 0 spiro atoms. The molecule has 1 unspecified atom stereocenters. The molecule has 0 amide bonds. The summed E-state index contributed by atoms with van der Waals surface area (Å²) in [5, 5.41) is -0.587. The summed E-state index contributed by atoms with van der Waals surface area (Å²) in [6.07, 6.45) is 32.7. The fraction of sp³-hybridized carbons (Fsp3) is 0.933. The van der Waals surface area contributed by atoms with E-state index >= 15 is 0 Å². The van der Waals surface area contributed by atoms with Gasteiger partial charge in [0.25, 0.3) is 0 Å². The molecule has 0 aliphatic heterocycles. The van der Waals surface area contributed by atoms with Crippen LogP contribution in [0, 0.1) is 0 Å². The zero-order valence-corrected chi connectivity index (χ0v) is 24.8. The number of hydrogen-bond donors (Lipinski definition) is 0. The second kappa shape index (κ2) is 21.8. The first-order chi connectivity index (χ1) is 16.3. The van der Waals surface area contributed by atoms with Gasteiger partial charge in [-0.2, -0.15) is 0 Å². The fourth-order valence-corrected chi connectivity index (χ4v) is 6.53. The summed E-state index contributed by atoms with van der Waals surface area (Å²) >= 11 is 0. The van der Waals surface area contributed by atoms with E-state index in [0.717, 1.165) is 25.7 Å². The van der Waals surface area contributed by atoms with E-state index in [2.05, 4.69) is 26.0 Å². The Hall–Kier alpha value is -0.400. The number of nitrogens with zero attached hydrogens (tertiary/aromatic N) is 1. The predicted octanol–water partition coefficient (Wildman–Crippen LogP) is 10.7. The van der Waals surface area contributed by atoms with E-state index in [1.807, 2.05) is 21.1 Å². The SMILES string of the molecule is CC=CCCCCCCCCCCCCCCCCCCCCC(CCC)(P(=O)=O)[N+](C)(C)C. The number of hydrogen-bond acceptors (Lipinski definition) is 2. The topological polar surface area (TPSA) is 34.1 Å². The predicted molar refractivity (Wildman–Crippen MR) is 151 cm³/mol. The molecule has 0 aromatic rings. The fourth-order valence-electron chi connectivity index (χ4n) is 5.29. The van der Waals surface area contributed by atoms with Crippen LogP contribution in [0.1, 0.15) is 155 Å². The summed E-state index contributed by atoms with van der Waals surface area (Å²) in [6, 6.07) is 0. The summed E-state index contributed by atoms with van der Waals surface area (Å²) in [7, 11) is 3.70. The van der Waals surface area contributed by atoms with Gasteiger partial charge in [0.05, 0.1) is 21.1 Å². The van der Waals surface area contributed by atoms with Crippen molar-refractivity contribution in [3.63, 3.8) is 0 Å². The second-order valence-electron chi connectivity index (χ2n) is 11.5. The Morgan fingerprint density at radius 2 is 0.941 bits per heavy atom. The second-order valence-corrected chi connectivity index (χ2v) is 12.8. The van der Waals surface area contributed by atoms with Crippen molar-refractivity contribution in [1.82, 2.24) is 0 Å². The standard InChI is InChI=1S/C30H61NO2P/c1-6-8-9-10-11-12-13-14-15-16-17-18-19-20-21-22-23-24-25-26-27-29-30(28-7-2,34(32)33)31(3,4)5/h6,8H,7,9-29H2,1-5H3/q+1. The van der Waals surface area contributed by atoms with E-state index in [-0.39, 0.29) is 0 Å². The van der Waals surface area contributed by atoms with Gasteiger partial charge in [-0.3, -0.25) is 0 Å². The first-order valence-corrected chi connectivity index (χ1v) is 16.1. The Kier molecular flexibility index (Phi) is 21.6. The average Bonchev–Trinajstić information content (AvgIpc) is 2.78. The molecule has 202 valence electrons. The molecule has 0 aromatic heterocycles. The van der Waals surface area contributed by atoms with E-state index in [1.165, 1.54) is 116 Å². The van der Waals surface area contributed by atoms with Crippen LogP contribution in [-0.2, 0) is 9.13 Å². The molecule has 3 nitrogen and oxygen atoms in total. The van der Waals surface area contributed by atoms with Gasteiger partial charge >= 0.3 is 7.68 Å². The van der Waals surface area contributed by atoms with Crippen LogP contribution in [0.15, 0.2) is 12.2 Å². The number of rotatable bonds is 25. The van der Waals surface area contributed by atoms with Crippen molar-refractivity contribution in [2.24, 2.45) is 0 Å². The summed E-state index contributed by atoms with van der Waals surface area (Å²) in [5.41, 5.74) is 0. The van der Waals surface area contributed by atoms with Gasteiger partial charge in [0.2, 0.25) is 5.28 Å². The lowest BCUT2D eigenvalue weighted by Gasteiger charge is -2.41. The van der Waals surface area contributed by atoms with Crippen molar-refractivity contribution in [2.45, 2.75) is 160 Å². The Morgan fingerprint density at radius 1 is 0.588 bits per heavy atom. The molecule has 0 rings (SSSR count). The van der Waals surface area contributed by atoms with Crippen LogP contribution in [0.2, 0.25) is 0 Å². The van der Waals surface area contributed by atoms with Crippen LogP contribution in [0.25, 0.3) is 0 Å². The zero-order valence-electron chi connectivity index (χ0n) is 23.9. The lowest BCUT2D eigenvalue weighted by atomic mass is 9.99. The van der Waals surface area contributed by atoms with E-state index in [1.54, 1.807) is 0 Å². The van der Waals surface area contributed by atoms with Crippen LogP contribution in [0.3, 0.4) is 0 Å².